The number of hydrogen-bond donors (Lipinski definition) is 0. The molecule has 0 saturated carbocycles. The number of aromatic nitrogens is 3. The van der Waals surface area contributed by atoms with E-state index in [1.807, 2.05) is 12.1 Å². The lowest BCUT2D eigenvalue weighted by atomic mass is 10.1. The second-order valence-corrected chi connectivity index (χ2v) is 8.02. The fraction of sp³-hybridized carbons (Fsp3) is 0.300. The van der Waals surface area contributed by atoms with Crippen LogP contribution in [0.3, 0.4) is 0 Å². The van der Waals surface area contributed by atoms with Crippen LogP contribution >= 0.6 is 0 Å². The Hall–Kier alpha value is -2.68. The molecule has 3 rings (SSSR count). The second-order valence-electron chi connectivity index (χ2n) is 6.46. The molecule has 0 fully saturated rings. The quantitative estimate of drug-likeness (QED) is 0.569. The normalized spacial score (nSPS) is 12.7. The molecule has 0 bridgehead atoms. The van der Waals surface area contributed by atoms with Gasteiger partial charge in [-0.25, -0.2) is 9.67 Å². The Morgan fingerprint density at radius 1 is 1.14 bits per heavy atom. The number of hydrogen-bond acceptors (Lipinski definition) is 4. The Kier molecular flexibility index (Phi) is 6.36. The number of halogens is 3. The first-order chi connectivity index (χ1) is 13.8. The van der Waals surface area contributed by atoms with E-state index in [9.17, 15) is 17.4 Å². The minimum absolute atomic E-state index is 0.311. The van der Waals surface area contributed by atoms with Crippen LogP contribution in [0.5, 0.6) is 5.88 Å². The van der Waals surface area contributed by atoms with Gasteiger partial charge in [-0.1, -0.05) is 24.3 Å². The Morgan fingerprint density at radius 3 is 2.41 bits per heavy atom. The molecule has 0 N–H and O–H groups in total. The minimum Gasteiger partial charge on any atom is -0.481 e. The second kappa shape index (κ2) is 8.77. The molecule has 0 aliphatic carbocycles. The van der Waals surface area contributed by atoms with E-state index in [1.165, 1.54) is 18.0 Å². The van der Waals surface area contributed by atoms with Gasteiger partial charge in [-0.2, -0.15) is 18.3 Å². The summed E-state index contributed by atoms with van der Waals surface area (Å²) in [5.41, 5.74) is 1.37. The Labute approximate surface area is 169 Å². The molecule has 2 heterocycles. The van der Waals surface area contributed by atoms with Crippen molar-refractivity contribution in [2.45, 2.75) is 19.0 Å². The van der Waals surface area contributed by atoms with Crippen LogP contribution in [-0.2, 0) is 23.4 Å². The number of aryl methyl sites for hydroxylation is 1. The van der Waals surface area contributed by atoms with Crippen LogP contribution in [0.25, 0.3) is 16.9 Å². The Balaban J connectivity index is 1.94. The number of pyridine rings is 1. The lowest BCUT2D eigenvalue weighted by molar-refractivity contribution is -0.141. The molecule has 2 aromatic heterocycles. The molecule has 0 saturated heterocycles. The van der Waals surface area contributed by atoms with Gasteiger partial charge in [-0.15, -0.1) is 0 Å². The van der Waals surface area contributed by atoms with E-state index in [0.29, 0.717) is 28.6 Å². The highest BCUT2D eigenvalue weighted by molar-refractivity contribution is 7.84. The summed E-state index contributed by atoms with van der Waals surface area (Å²) >= 11 is 0. The average molecular weight is 423 g/mol. The zero-order valence-electron chi connectivity index (χ0n) is 15.9. The number of alkyl halides is 3. The van der Waals surface area contributed by atoms with Crippen LogP contribution in [0.4, 0.5) is 13.2 Å². The fourth-order valence-electron chi connectivity index (χ4n) is 2.86. The van der Waals surface area contributed by atoms with Crippen LogP contribution in [-0.4, -0.2) is 38.1 Å². The summed E-state index contributed by atoms with van der Waals surface area (Å²) in [7, 11) is 0.622. The van der Waals surface area contributed by atoms with E-state index in [2.05, 4.69) is 10.1 Å². The van der Waals surface area contributed by atoms with Crippen molar-refractivity contribution in [3.05, 3.63) is 59.9 Å². The summed E-state index contributed by atoms with van der Waals surface area (Å²) in [4.78, 5) is 4.05. The maximum absolute atomic E-state index is 13.3. The van der Waals surface area contributed by atoms with Crippen LogP contribution in [0.2, 0.25) is 0 Å². The number of rotatable bonds is 7. The van der Waals surface area contributed by atoms with E-state index in [-0.39, 0.29) is 0 Å². The number of benzene rings is 1. The molecule has 0 radical (unpaired) electrons. The molecule has 0 spiro atoms. The number of ether oxygens (including phenoxy) is 1. The smallest absolute Gasteiger partial charge is 0.435 e. The van der Waals surface area contributed by atoms with Gasteiger partial charge < -0.3 is 4.74 Å². The molecule has 1 atom stereocenters. The zero-order valence-corrected chi connectivity index (χ0v) is 16.8. The Morgan fingerprint density at radius 2 is 1.86 bits per heavy atom. The largest absolute Gasteiger partial charge is 0.481 e. The van der Waals surface area contributed by atoms with Crippen molar-refractivity contribution >= 4 is 10.8 Å². The summed E-state index contributed by atoms with van der Waals surface area (Å²) in [5, 5.41) is 3.75. The lowest BCUT2D eigenvalue weighted by Crippen LogP contribution is -2.07. The summed E-state index contributed by atoms with van der Waals surface area (Å²) in [5.74, 6) is 0.976. The van der Waals surface area contributed by atoms with E-state index >= 15 is 0 Å². The first-order valence-corrected chi connectivity index (χ1v) is 10.6. The van der Waals surface area contributed by atoms with Crippen molar-refractivity contribution in [2.24, 2.45) is 0 Å². The van der Waals surface area contributed by atoms with Crippen molar-refractivity contribution in [1.82, 2.24) is 14.8 Å². The number of methoxy groups -OCH3 is 1. The first-order valence-electron chi connectivity index (χ1n) is 8.85. The van der Waals surface area contributed by atoms with Crippen molar-refractivity contribution in [2.75, 3.05) is 19.1 Å². The summed E-state index contributed by atoms with van der Waals surface area (Å²) < 4.78 is 57.2. The molecule has 1 unspecified atom stereocenters. The van der Waals surface area contributed by atoms with Gasteiger partial charge in [0.2, 0.25) is 5.88 Å². The van der Waals surface area contributed by atoms with E-state index in [1.54, 1.807) is 30.5 Å². The van der Waals surface area contributed by atoms with Gasteiger partial charge in [-0.3, -0.25) is 4.21 Å². The van der Waals surface area contributed by atoms with Crippen LogP contribution in [0.1, 0.15) is 17.7 Å². The fourth-order valence-corrected chi connectivity index (χ4v) is 3.41. The molecular formula is C20H20F3N3O2S. The summed E-state index contributed by atoms with van der Waals surface area (Å²) in [6.07, 6.45) is 0.0618. The molecule has 29 heavy (non-hydrogen) atoms. The minimum atomic E-state index is -4.56. The maximum Gasteiger partial charge on any atom is 0.435 e. The van der Waals surface area contributed by atoms with Crippen molar-refractivity contribution in [3.63, 3.8) is 0 Å². The third-order valence-corrected chi connectivity index (χ3v) is 5.18. The molecular weight excluding hydrogens is 403 g/mol. The van der Waals surface area contributed by atoms with Gasteiger partial charge in [0.1, 0.15) is 0 Å². The van der Waals surface area contributed by atoms with Gasteiger partial charge in [0.05, 0.1) is 24.7 Å². The lowest BCUT2D eigenvalue weighted by Gasteiger charge is -2.09. The predicted octanol–water partition coefficient (Wildman–Crippen LogP) is 4.27. The topological polar surface area (TPSA) is 57.0 Å². The highest BCUT2D eigenvalue weighted by Crippen LogP contribution is 2.33. The molecule has 1 aromatic carbocycles. The van der Waals surface area contributed by atoms with E-state index in [4.69, 9.17) is 4.74 Å². The van der Waals surface area contributed by atoms with E-state index in [0.717, 1.165) is 24.5 Å². The molecule has 9 heteroatoms. The monoisotopic (exact) mass is 423 g/mol. The van der Waals surface area contributed by atoms with Crippen molar-refractivity contribution in [3.8, 4) is 22.8 Å². The van der Waals surface area contributed by atoms with E-state index < -0.39 is 22.7 Å². The molecule has 0 aliphatic rings. The van der Waals surface area contributed by atoms with Gasteiger partial charge in [0, 0.05) is 34.4 Å². The molecule has 3 aromatic rings. The summed E-state index contributed by atoms with van der Waals surface area (Å²) in [6.45, 7) is 0. The molecule has 0 amide bonds. The predicted molar refractivity (Wildman–Crippen MR) is 106 cm³/mol. The highest BCUT2D eigenvalue weighted by atomic mass is 32.2. The van der Waals surface area contributed by atoms with Gasteiger partial charge in [-0.05, 0) is 30.5 Å². The zero-order chi connectivity index (χ0) is 21.0. The SMILES string of the molecule is COc1ccc(-n2nc(C(F)(F)F)cc2-c2ccc(CCCS(C)=O)cc2)cn1. The maximum atomic E-state index is 13.3. The first kappa shape index (κ1) is 21.0. The van der Waals surface area contributed by atoms with Gasteiger partial charge in [0.15, 0.2) is 5.69 Å². The standard InChI is InChI=1S/C20H20F3N3O2S/c1-28-19-10-9-16(13-24-19)26-17(12-18(25-26)20(21,22)23)15-7-5-14(6-8-15)4-3-11-29(2)27/h5-10,12-13H,3-4,11H2,1-2H3. The van der Waals surface area contributed by atoms with Crippen molar-refractivity contribution < 1.29 is 22.1 Å². The average Bonchev–Trinajstić information content (AvgIpc) is 3.14. The molecule has 154 valence electrons. The van der Waals surface area contributed by atoms with Crippen LogP contribution in [0.15, 0.2) is 48.7 Å². The van der Waals surface area contributed by atoms with Crippen molar-refractivity contribution in [1.29, 1.82) is 0 Å². The van der Waals surface area contributed by atoms with Gasteiger partial charge in [0.25, 0.3) is 0 Å². The molecule has 5 nitrogen and oxygen atoms in total. The van der Waals surface area contributed by atoms with Gasteiger partial charge >= 0.3 is 6.18 Å². The van der Waals surface area contributed by atoms with Crippen LogP contribution < -0.4 is 4.74 Å². The molecule has 0 aliphatic heterocycles. The number of nitrogens with zero attached hydrogens (tertiary/aromatic N) is 3. The third-order valence-electron chi connectivity index (χ3n) is 4.32. The summed E-state index contributed by atoms with van der Waals surface area (Å²) in [6, 6.07) is 11.5. The highest BCUT2D eigenvalue weighted by Gasteiger charge is 2.35. The third kappa shape index (κ3) is 5.23. The Bertz CT molecular complexity index is 984. The van der Waals surface area contributed by atoms with Crippen LogP contribution in [0, 0.1) is 0 Å².